The molecule has 0 aromatic heterocycles. The molecule has 1 unspecified atom stereocenters. The van der Waals surface area contributed by atoms with Crippen molar-refractivity contribution in [2.75, 3.05) is 18.5 Å². The molecule has 1 fully saturated rings. The van der Waals surface area contributed by atoms with Gasteiger partial charge in [-0.1, -0.05) is 54.1 Å². The van der Waals surface area contributed by atoms with Crippen molar-refractivity contribution in [3.8, 4) is 11.1 Å². The predicted molar refractivity (Wildman–Crippen MR) is 125 cm³/mol. The first-order valence-electron chi connectivity index (χ1n) is 10.3. The lowest BCUT2D eigenvalue weighted by atomic mass is 10.1. The summed E-state index contributed by atoms with van der Waals surface area (Å²) < 4.78 is 33.4. The Morgan fingerprint density at radius 3 is 2.41 bits per heavy atom. The zero-order chi connectivity index (χ0) is 22.6. The zero-order valence-corrected chi connectivity index (χ0v) is 18.8. The second-order valence-corrected chi connectivity index (χ2v) is 9.67. The van der Waals surface area contributed by atoms with Crippen LogP contribution in [0.1, 0.15) is 23.2 Å². The Kier molecular flexibility index (Phi) is 6.91. The Bertz CT molecular complexity index is 1190. The van der Waals surface area contributed by atoms with Crippen molar-refractivity contribution in [1.82, 2.24) is 4.72 Å². The van der Waals surface area contributed by atoms with Crippen LogP contribution in [-0.2, 0) is 14.8 Å². The third-order valence-corrected chi connectivity index (χ3v) is 7.16. The van der Waals surface area contributed by atoms with Crippen molar-refractivity contribution in [2.24, 2.45) is 0 Å². The number of nitrogens with one attached hydrogen (secondary N) is 2. The number of amides is 1. The van der Waals surface area contributed by atoms with Crippen LogP contribution < -0.4 is 10.0 Å². The fourth-order valence-corrected chi connectivity index (χ4v) is 5.11. The van der Waals surface area contributed by atoms with Gasteiger partial charge in [0.1, 0.15) is 4.90 Å². The van der Waals surface area contributed by atoms with Crippen LogP contribution in [0, 0.1) is 0 Å². The molecule has 0 bridgehead atoms. The van der Waals surface area contributed by atoms with Gasteiger partial charge in [-0.05, 0) is 54.3 Å². The quantitative estimate of drug-likeness (QED) is 0.523. The number of halogens is 1. The average molecular weight is 471 g/mol. The summed E-state index contributed by atoms with van der Waals surface area (Å²) in [5, 5.41) is 2.84. The summed E-state index contributed by atoms with van der Waals surface area (Å²) in [6.07, 6.45) is 1.57. The van der Waals surface area contributed by atoms with Gasteiger partial charge in [0.05, 0.1) is 11.1 Å². The normalized spacial score (nSPS) is 16.1. The van der Waals surface area contributed by atoms with E-state index in [2.05, 4.69) is 10.0 Å². The fraction of sp³-hybridized carbons (Fsp3) is 0.208. The summed E-state index contributed by atoms with van der Waals surface area (Å²) in [4.78, 5) is 12.6. The highest BCUT2D eigenvalue weighted by molar-refractivity contribution is 7.89. The highest BCUT2D eigenvalue weighted by atomic mass is 35.5. The number of anilines is 1. The first kappa shape index (κ1) is 22.5. The monoisotopic (exact) mass is 470 g/mol. The fourth-order valence-electron chi connectivity index (χ4n) is 3.52. The number of hydrogen-bond acceptors (Lipinski definition) is 4. The lowest BCUT2D eigenvalue weighted by molar-refractivity contribution is 0.102. The van der Waals surface area contributed by atoms with E-state index < -0.39 is 15.9 Å². The average Bonchev–Trinajstić information content (AvgIpc) is 3.33. The van der Waals surface area contributed by atoms with Crippen LogP contribution in [0.5, 0.6) is 0 Å². The molecule has 166 valence electrons. The molecule has 1 heterocycles. The molecule has 4 rings (SSSR count). The molecule has 0 spiro atoms. The molecule has 0 radical (unpaired) electrons. The van der Waals surface area contributed by atoms with E-state index in [1.165, 1.54) is 18.2 Å². The molecule has 6 nitrogen and oxygen atoms in total. The maximum Gasteiger partial charge on any atom is 0.255 e. The van der Waals surface area contributed by atoms with Gasteiger partial charge in [-0.25, -0.2) is 13.1 Å². The van der Waals surface area contributed by atoms with E-state index in [-0.39, 0.29) is 28.1 Å². The van der Waals surface area contributed by atoms with E-state index >= 15 is 0 Å². The van der Waals surface area contributed by atoms with Crippen molar-refractivity contribution in [2.45, 2.75) is 23.8 Å². The van der Waals surface area contributed by atoms with Crippen LogP contribution in [0.4, 0.5) is 5.69 Å². The zero-order valence-electron chi connectivity index (χ0n) is 17.3. The first-order valence-corrected chi connectivity index (χ1v) is 12.2. The van der Waals surface area contributed by atoms with Crippen molar-refractivity contribution < 1.29 is 17.9 Å². The largest absolute Gasteiger partial charge is 0.377 e. The molecule has 0 saturated carbocycles. The molecule has 1 aliphatic rings. The lowest BCUT2D eigenvalue weighted by Gasteiger charge is -2.13. The minimum atomic E-state index is -3.89. The lowest BCUT2D eigenvalue weighted by Crippen LogP contribution is -2.32. The molecular formula is C24H23ClN2O4S. The van der Waals surface area contributed by atoms with Gasteiger partial charge in [0, 0.05) is 24.4 Å². The maximum atomic E-state index is 12.7. The summed E-state index contributed by atoms with van der Waals surface area (Å²) >= 11 is 6.13. The first-order chi connectivity index (χ1) is 15.4. The molecular weight excluding hydrogens is 448 g/mol. The van der Waals surface area contributed by atoms with Crippen molar-refractivity contribution >= 4 is 33.2 Å². The highest BCUT2D eigenvalue weighted by Crippen LogP contribution is 2.25. The maximum absolute atomic E-state index is 12.7. The van der Waals surface area contributed by atoms with Crippen LogP contribution in [-0.4, -0.2) is 33.6 Å². The minimum Gasteiger partial charge on any atom is -0.377 e. The van der Waals surface area contributed by atoms with Gasteiger partial charge in [0.15, 0.2) is 0 Å². The van der Waals surface area contributed by atoms with Gasteiger partial charge in [-0.15, -0.1) is 0 Å². The van der Waals surface area contributed by atoms with Gasteiger partial charge in [0.2, 0.25) is 10.0 Å². The Morgan fingerprint density at radius 2 is 1.72 bits per heavy atom. The summed E-state index contributed by atoms with van der Waals surface area (Å²) in [6, 6.07) is 21.5. The van der Waals surface area contributed by atoms with E-state index in [9.17, 15) is 13.2 Å². The number of benzene rings is 3. The van der Waals surface area contributed by atoms with Gasteiger partial charge in [0.25, 0.3) is 5.91 Å². The number of rotatable bonds is 7. The molecule has 0 aliphatic carbocycles. The summed E-state index contributed by atoms with van der Waals surface area (Å²) in [7, 11) is -3.89. The van der Waals surface area contributed by atoms with Gasteiger partial charge >= 0.3 is 0 Å². The second kappa shape index (κ2) is 9.83. The molecule has 3 aromatic carbocycles. The third kappa shape index (κ3) is 5.37. The van der Waals surface area contributed by atoms with Crippen LogP contribution in [0.15, 0.2) is 77.7 Å². The van der Waals surface area contributed by atoms with E-state index in [4.69, 9.17) is 16.3 Å². The van der Waals surface area contributed by atoms with Crippen LogP contribution >= 0.6 is 11.6 Å². The minimum absolute atomic E-state index is 0.0496. The van der Waals surface area contributed by atoms with Gasteiger partial charge < -0.3 is 10.1 Å². The Morgan fingerprint density at radius 1 is 1.00 bits per heavy atom. The number of carbonyl (C=O) groups is 1. The van der Waals surface area contributed by atoms with Crippen LogP contribution in [0.3, 0.4) is 0 Å². The summed E-state index contributed by atoms with van der Waals surface area (Å²) in [5.41, 5.74) is 2.90. The molecule has 1 atom stereocenters. The van der Waals surface area contributed by atoms with E-state index in [1.807, 2.05) is 42.5 Å². The van der Waals surface area contributed by atoms with E-state index in [0.29, 0.717) is 12.3 Å². The van der Waals surface area contributed by atoms with Gasteiger partial charge in [-0.3, -0.25) is 4.79 Å². The standard InChI is InChI=1S/C24H23ClN2O4S/c25-22-13-10-19(15-23(22)32(29,30)26-16-21-7-4-14-31-21)24(28)27-20-11-8-18(9-12-20)17-5-2-1-3-6-17/h1-3,5-6,8-13,15,21,26H,4,7,14,16H2,(H,27,28). The molecule has 1 amide bonds. The number of carbonyl (C=O) groups excluding carboxylic acids is 1. The molecule has 1 saturated heterocycles. The van der Waals surface area contributed by atoms with Crippen LogP contribution in [0.25, 0.3) is 11.1 Å². The van der Waals surface area contributed by atoms with Crippen molar-refractivity contribution in [3.05, 3.63) is 83.4 Å². The summed E-state index contributed by atoms with van der Waals surface area (Å²) in [5.74, 6) is -0.426. The molecule has 8 heteroatoms. The Labute approximate surface area is 192 Å². The number of sulfonamides is 1. The number of hydrogen-bond donors (Lipinski definition) is 2. The molecule has 3 aromatic rings. The van der Waals surface area contributed by atoms with Crippen molar-refractivity contribution in [1.29, 1.82) is 0 Å². The summed E-state index contributed by atoms with van der Waals surface area (Å²) in [6.45, 7) is 0.804. The number of ether oxygens (including phenoxy) is 1. The smallest absolute Gasteiger partial charge is 0.255 e. The van der Waals surface area contributed by atoms with Crippen LogP contribution in [0.2, 0.25) is 5.02 Å². The van der Waals surface area contributed by atoms with E-state index in [0.717, 1.165) is 24.0 Å². The topological polar surface area (TPSA) is 84.5 Å². The Hall–Kier alpha value is -2.71. The highest BCUT2D eigenvalue weighted by Gasteiger charge is 2.23. The van der Waals surface area contributed by atoms with E-state index in [1.54, 1.807) is 12.1 Å². The van der Waals surface area contributed by atoms with Gasteiger partial charge in [-0.2, -0.15) is 0 Å². The second-order valence-electron chi connectivity index (χ2n) is 7.53. The molecule has 1 aliphatic heterocycles. The third-order valence-electron chi connectivity index (χ3n) is 5.26. The van der Waals surface area contributed by atoms with Crippen molar-refractivity contribution in [3.63, 3.8) is 0 Å². The molecule has 32 heavy (non-hydrogen) atoms. The Balaban J connectivity index is 1.47. The predicted octanol–water partition coefficient (Wildman–Crippen LogP) is 4.72. The molecule has 2 N–H and O–H groups in total. The SMILES string of the molecule is O=C(Nc1ccc(-c2ccccc2)cc1)c1ccc(Cl)c(S(=O)(=O)NCC2CCCO2)c1.